The topological polar surface area (TPSA) is 137 Å². The number of benzene rings is 3. The number of methoxy groups -OCH3 is 2. The normalized spacial score (nSPS) is 10.9. The summed E-state index contributed by atoms with van der Waals surface area (Å²) in [7, 11) is -1.01. The molecule has 10 nitrogen and oxygen atoms in total. The van der Waals surface area contributed by atoms with E-state index in [1.54, 1.807) is 25.1 Å². The van der Waals surface area contributed by atoms with Crippen LogP contribution < -0.4 is 19.5 Å². The van der Waals surface area contributed by atoms with Gasteiger partial charge in [-0.05, 0) is 55.3 Å². The number of amides is 1. The third-order valence-corrected chi connectivity index (χ3v) is 6.66. The maximum Gasteiger partial charge on any atom is 0.276 e. The Labute approximate surface area is 203 Å². The van der Waals surface area contributed by atoms with Gasteiger partial charge in [0.15, 0.2) is 11.5 Å². The van der Waals surface area contributed by atoms with E-state index in [9.17, 15) is 23.3 Å². The van der Waals surface area contributed by atoms with E-state index in [1.807, 2.05) is 6.07 Å². The van der Waals surface area contributed by atoms with Crippen molar-refractivity contribution in [2.45, 2.75) is 18.2 Å². The Hall–Kier alpha value is -4.12. The van der Waals surface area contributed by atoms with Gasteiger partial charge >= 0.3 is 0 Å². The minimum atomic E-state index is -3.82. The Morgan fingerprint density at radius 3 is 2.23 bits per heavy atom. The van der Waals surface area contributed by atoms with Crippen LogP contribution in [0.25, 0.3) is 0 Å². The predicted molar refractivity (Wildman–Crippen MR) is 131 cm³/mol. The lowest BCUT2D eigenvalue weighted by Crippen LogP contribution is -2.26. The maximum absolute atomic E-state index is 12.7. The van der Waals surface area contributed by atoms with Gasteiger partial charge in [0.1, 0.15) is 0 Å². The summed E-state index contributed by atoms with van der Waals surface area (Å²) in [4.78, 5) is 23.4. The van der Waals surface area contributed by atoms with Gasteiger partial charge in [-0.1, -0.05) is 18.2 Å². The fourth-order valence-corrected chi connectivity index (χ4v) is 4.50. The van der Waals surface area contributed by atoms with E-state index >= 15 is 0 Å². The second-order valence-electron chi connectivity index (χ2n) is 7.54. The van der Waals surface area contributed by atoms with Gasteiger partial charge in [0.2, 0.25) is 0 Å². The zero-order chi connectivity index (χ0) is 25.6. The predicted octanol–water partition coefficient (Wildman–Crippen LogP) is 3.69. The van der Waals surface area contributed by atoms with Crippen LogP contribution in [0.3, 0.4) is 0 Å². The Balaban J connectivity index is 1.66. The molecule has 0 aliphatic rings. The summed E-state index contributed by atoms with van der Waals surface area (Å²) in [6, 6.07) is 15.3. The molecule has 0 unspecified atom stereocenters. The zero-order valence-electron chi connectivity index (χ0n) is 19.4. The molecule has 0 radical (unpaired) electrons. The maximum atomic E-state index is 12.7. The first kappa shape index (κ1) is 25.5. The van der Waals surface area contributed by atoms with Crippen molar-refractivity contribution in [1.29, 1.82) is 0 Å². The van der Waals surface area contributed by atoms with Crippen LogP contribution in [0.4, 0.5) is 11.4 Å². The highest BCUT2D eigenvalue weighted by molar-refractivity contribution is 7.92. The average molecular weight is 500 g/mol. The number of sulfonamides is 1. The third kappa shape index (κ3) is 6.07. The summed E-state index contributed by atoms with van der Waals surface area (Å²) in [5.41, 5.74) is 1.73. The molecule has 11 heteroatoms. The lowest BCUT2D eigenvalue weighted by atomic mass is 10.1. The van der Waals surface area contributed by atoms with Crippen LogP contribution in [0.15, 0.2) is 65.6 Å². The molecule has 3 aromatic carbocycles. The lowest BCUT2D eigenvalue weighted by Gasteiger charge is -2.12. The van der Waals surface area contributed by atoms with Crippen LogP contribution in [0, 0.1) is 17.0 Å². The van der Waals surface area contributed by atoms with E-state index in [-0.39, 0.29) is 34.9 Å². The number of hydrogen-bond donors (Lipinski definition) is 2. The number of nitrogens with one attached hydrogen (secondary N) is 2. The highest BCUT2D eigenvalue weighted by Gasteiger charge is 2.20. The Kier molecular flexibility index (Phi) is 7.92. The molecule has 1 amide bonds. The van der Waals surface area contributed by atoms with Crippen molar-refractivity contribution in [3.8, 4) is 11.5 Å². The van der Waals surface area contributed by atoms with Crippen LogP contribution in [0.2, 0.25) is 0 Å². The van der Waals surface area contributed by atoms with Crippen LogP contribution >= 0.6 is 0 Å². The summed E-state index contributed by atoms with van der Waals surface area (Å²) in [5.74, 6) is 0.137. The molecule has 0 aliphatic heterocycles. The van der Waals surface area contributed by atoms with Crippen LogP contribution in [0.1, 0.15) is 21.5 Å². The van der Waals surface area contributed by atoms with Crippen molar-refractivity contribution in [1.82, 2.24) is 5.32 Å². The zero-order valence-corrected chi connectivity index (χ0v) is 20.2. The van der Waals surface area contributed by atoms with Crippen LogP contribution in [0.5, 0.6) is 11.5 Å². The second-order valence-corrected chi connectivity index (χ2v) is 9.23. The molecule has 3 rings (SSSR count). The molecule has 184 valence electrons. The van der Waals surface area contributed by atoms with Crippen molar-refractivity contribution in [2.75, 3.05) is 25.5 Å². The van der Waals surface area contributed by atoms with Crippen molar-refractivity contribution >= 4 is 27.3 Å². The molecule has 3 aromatic rings. The minimum Gasteiger partial charge on any atom is -0.493 e. The number of anilines is 1. The van der Waals surface area contributed by atoms with Crippen LogP contribution in [-0.2, 0) is 16.4 Å². The number of nitro benzene ring substituents is 1. The molecular weight excluding hydrogens is 474 g/mol. The number of nitrogens with zero attached hydrogens (tertiary/aromatic N) is 1. The molecule has 0 saturated heterocycles. The first-order chi connectivity index (χ1) is 16.7. The fourth-order valence-electron chi connectivity index (χ4n) is 3.37. The number of para-hydroxylation sites is 1. The van der Waals surface area contributed by atoms with E-state index in [0.29, 0.717) is 17.0 Å². The lowest BCUT2D eigenvalue weighted by molar-refractivity contribution is -0.385. The van der Waals surface area contributed by atoms with Crippen molar-refractivity contribution in [3.05, 3.63) is 87.5 Å². The number of carbonyl (C=O) groups excluding carboxylic acids is 1. The minimum absolute atomic E-state index is 0.0123. The molecule has 0 heterocycles. The van der Waals surface area contributed by atoms with E-state index < -0.39 is 20.9 Å². The summed E-state index contributed by atoms with van der Waals surface area (Å²) >= 11 is 0. The molecule has 35 heavy (non-hydrogen) atoms. The van der Waals surface area contributed by atoms with Gasteiger partial charge in [0.05, 0.1) is 35.8 Å². The number of nitro groups is 1. The SMILES string of the molecule is COc1cc(CCNC(=O)c2ccc(S(=O)(=O)Nc3ccccc3C)cc2)c([N+](=O)[O-])cc1OC. The molecule has 0 atom stereocenters. The summed E-state index contributed by atoms with van der Waals surface area (Å²) in [6.45, 7) is 1.91. The van der Waals surface area contributed by atoms with Gasteiger partial charge in [0.25, 0.3) is 21.6 Å². The number of carbonyl (C=O) groups is 1. The van der Waals surface area contributed by atoms with Gasteiger partial charge in [-0.3, -0.25) is 19.6 Å². The molecule has 0 aliphatic carbocycles. The average Bonchev–Trinajstić information content (AvgIpc) is 2.84. The van der Waals surface area contributed by atoms with Crippen molar-refractivity contribution < 1.29 is 27.6 Å². The molecule has 0 bridgehead atoms. The molecule has 0 fully saturated rings. The van der Waals surface area contributed by atoms with E-state index in [0.717, 1.165) is 5.56 Å². The monoisotopic (exact) mass is 499 g/mol. The third-order valence-electron chi connectivity index (χ3n) is 5.28. The summed E-state index contributed by atoms with van der Waals surface area (Å²) < 4.78 is 38.2. The Morgan fingerprint density at radius 2 is 1.63 bits per heavy atom. The standard InChI is InChI=1S/C24H25N3O7S/c1-16-6-4-5-7-20(16)26-35(31,32)19-10-8-17(9-11-19)24(28)25-13-12-18-14-22(33-2)23(34-3)15-21(18)27(29)30/h4-11,14-15,26H,12-13H2,1-3H3,(H,25,28). The summed E-state index contributed by atoms with van der Waals surface area (Å²) in [6.07, 6.45) is 0.176. The summed E-state index contributed by atoms with van der Waals surface area (Å²) in [5, 5.41) is 14.1. The largest absolute Gasteiger partial charge is 0.493 e. The van der Waals surface area contributed by atoms with Gasteiger partial charge in [-0.15, -0.1) is 0 Å². The molecular formula is C24H25N3O7S. The van der Waals surface area contributed by atoms with Crippen molar-refractivity contribution in [3.63, 3.8) is 0 Å². The van der Waals surface area contributed by atoms with Crippen LogP contribution in [-0.4, -0.2) is 40.0 Å². The number of aryl methyl sites for hydroxylation is 1. The smallest absolute Gasteiger partial charge is 0.276 e. The van der Waals surface area contributed by atoms with E-state index in [1.165, 1.54) is 50.6 Å². The second kappa shape index (κ2) is 10.9. The van der Waals surface area contributed by atoms with E-state index in [2.05, 4.69) is 10.0 Å². The number of ether oxygens (including phenoxy) is 2. The molecule has 2 N–H and O–H groups in total. The van der Waals surface area contributed by atoms with Gasteiger partial charge < -0.3 is 14.8 Å². The first-order valence-corrected chi connectivity index (χ1v) is 12.0. The van der Waals surface area contributed by atoms with Gasteiger partial charge in [-0.2, -0.15) is 0 Å². The van der Waals surface area contributed by atoms with Gasteiger partial charge in [-0.25, -0.2) is 8.42 Å². The first-order valence-electron chi connectivity index (χ1n) is 10.5. The highest BCUT2D eigenvalue weighted by atomic mass is 32.2. The number of hydrogen-bond acceptors (Lipinski definition) is 7. The quantitative estimate of drug-likeness (QED) is 0.321. The van der Waals surface area contributed by atoms with Gasteiger partial charge in [0, 0.05) is 17.7 Å². The molecule has 0 spiro atoms. The number of rotatable bonds is 10. The highest BCUT2D eigenvalue weighted by Crippen LogP contribution is 2.34. The Bertz CT molecular complexity index is 1340. The Morgan fingerprint density at radius 1 is 1.00 bits per heavy atom. The molecule has 0 saturated carbocycles. The fraction of sp³-hybridized carbons (Fsp3) is 0.208. The van der Waals surface area contributed by atoms with Crippen molar-refractivity contribution in [2.24, 2.45) is 0 Å². The van der Waals surface area contributed by atoms with E-state index in [4.69, 9.17) is 9.47 Å². The molecule has 0 aromatic heterocycles.